The number of aryl methyl sites for hydroxylation is 1. The minimum absolute atomic E-state index is 0.354. The van der Waals surface area contributed by atoms with Crippen LogP contribution in [-0.2, 0) is 6.42 Å². The Labute approximate surface area is 136 Å². The zero-order valence-corrected chi connectivity index (χ0v) is 14.7. The van der Waals surface area contributed by atoms with E-state index in [0.717, 1.165) is 30.1 Å². The summed E-state index contributed by atoms with van der Waals surface area (Å²) in [5, 5.41) is 6.98. The highest BCUT2D eigenvalue weighted by atomic mass is 32.2. The number of nitrogens with zero attached hydrogens (tertiary/aromatic N) is 1. The maximum atomic E-state index is 4.61. The maximum Gasteiger partial charge on any atom is 0.0897 e. The Morgan fingerprint density at radius 2 is 2.00 bits per heavy atom. The summed E-state index contributed by atoms with van der Waals surface area (Å²) in [6.07, 6.45) is 2.11. The van der Waals surface area contributed by atoms with E-state index in [1.54, 1.807) is 11.3 Å². The SMILES string of the molecule is CCCNC(Cc1csc(C)n1)c1ccc(SCC)cc1. The second-order valence-corrected chi connectivity index (χ2v) is 7.47. The molecule has 1 heterocycles. The summed E-state index contributed by atoms with van der Waals surface area (Å²) in [4.78, 5) is 5.95. The van der Waals surface area contributed by atoms with Gasteiger partial charge in [0.25, 0.3) is 0 Å². The summed E-state index contributed by atoms with van der Waals surface area (Å²) < 4.78 is 0. The van der Waals surface area contributed by atoms with Gasteiger partial charge >= 0.3 is 0 Å². The van der Waals surface area contributed by atoms with E-state index in [0.29, 0.717) is 6.04 Å². The van der Waals surface area contributed by atoms with Crippen molar-refractivity contribution < 1.29 is 0 Å². The van der Waals surface area contributed by atoms with E-state index in [9.17, 15) is 0 Å². The highest BCUT2D eigenvalue weighted by Crippen LogP contribution is 2.23. The fourth-order valence-corrected chi connectivity index (χ4v) is 3.59. The molecule has 0 fully saturated rings. The Bertz CT molecular complexity index is 534. The van der Waals surface area contributed by atoms with Crippen LogP contribution in [0.15, 0.2) is 34.5 Å². The van der Waals surface area contributed by atoms with E-state index >= 15 is 0 Å². The Hall–Kier alpha value is -0.840. The van der Waals surface area contributed by atoms with Crippen LogP contribution in [0.25, 0.3) is 0 Å². The summed E-state index contributed by atoms with van der Waals surface area (Å²) in [7, 11) is 0. The molecule has 0 bridgehead atoms. The van der Waals surface area contributed by atoms with Gasteiger partial charge in [-0.2, -0.15) is 0 Å². The Morgan fingerprint density at radius 1 is 1.24 bits per heavy atom. The molecule has 0 aliphatic heterocycles. The maximum absolute atomic E-state index is 4.61. The quantitative estimate of drug-likeness (QED) is 0.704. The van der Waals surface area contributed by atoms with E-state index in [1.165, 1.54) is 16.2 Å². The van der Waals surface area contributed by atoms with Crippen LogP contribution in [0.1, 0.15) is 42.6 Å². The van der Waals surface area contributed by atoms with Gasteiger partial charge in [0.15, 0.2) is 0 Å². The van der Waals surface area contributed by atoms with Crippen LogP contribution < -0.4 is 5.32 Å². The Kier molecular flexibility index (Phi) is 6.74. The van der Waals surface area contributed by atoms with E-state index in [1.807, 2.05) is 11.8 Å². The number of thioether (sulfide) groups is 1. The second kappa shape index (κ2) is 8.57. The van der Waals surface area contributed by atoms with E-state index in [-0.39, 0.29) is 0 Å². The first-order valence-electron chi connectivity index (χ1n) is 7.60. The number of benzene rings is 1. The predicted molar refractivity (Wildman–Crippen MR) is 94.4 cm³/mol. The van der Waals surface area contributed by atoms with Crippen LogP contribution >= 0.6 is 23.1 Å². The number of thiazole rings is 1. The van der Waals surface area contributed by atoms with Crippen molar-refractivity contribution in [2.24, 2.45) is 0 Å². The largest absolute Gasteiger partial charge is 0.310 e. The normalized spacial score (nSPS) is 12.5. The van der Waals surface area contributed by atoms with Gasteiger partial charge in [-0.25, -0.2) is 4.98 Å². The number of rotatable bonds is 8. The van der Waals surface area contributed by atoms with Gasteiger partial charge in [-0.1, -0.05) is 26.0 Å². The Balaban J connectivity index is 2.10. The molecule has 0 aliphatic carbocycles. The minimum Gasteiger partial charge on any atom is -0.310 e. The molecule has 4 heteroatoms. The van der Waals surface area contributed by atoms with Crippen LogP contribution in [0, 0.1) is 6.92 Å². The molecule has 1 N–H and O–H groups in total. The molecule has 0 saturated carbocycles. The predicted octanol–water partition coefficient (Wildman–Crippen LogP) is 4.85. The van der Waals surface area contributed by atoms with Crippen molar-refractivity contribution in [1.82, 2.24) is 10.3 Å². The topological polar surface area (TPSA) is 24.9 Å². The molecule has 0 aliphatic rings. The fourth-order valence-electron chi connectivity index (χ4n) is 2.30. The van der Waals surface area contributed by atoms with Crippen molar-refractivity contribution in [3.63, 3.8) is 0 Å². The molecular formula is C17H24N2S2. The molecule has 2 aromatic rings. The molecule has 1 aromatic carbocycles. The highest BCUT2D eigenvalue weighted by molar-refractivity contribution is 7.99. The summed E-state index contributed by atoms with van der Waals surface area (Å²) >= 11 is 3.62. The summed E-state index contributed by atoms with van der Waals surface area (Å²) in [5.41, 5.74) is 2.55. The first-order valence-corrected chi connectivity index (χ1v) is 9.46. The molecule has 0 spiro atoms. The molecule has 2 nitrogen and oxygen atoms in total. The molecule has 0 saturated heterocycles. The molecule has 0 amide bonds. The van der Waals surface area contributed by atoms with Crippen LogP contribution in [0.2, 0.25) is 0 Å². The molecule has 21 heavy (non-hydrogen) atoms. The lowest BCUT2D eigenvalue weighted by molar-refractivity contribution is 0.525. The first-order chi connectivity index (χ1) is 10.2. The smallest absolute Gasteiger partial charge is 0.0897 e. The van der Waals surface area contributed by atoms with E-state index in [2.05, 4.69) is 60.7 Å². The number of hydrogen-bond acceptors (Lipinski definition) is 4. The highest BCUT2D eigenvalue weighted by Gasteiger charge is 2.13. The summed E-state index contributed by atoms with van der Waals surface area (Å²) in [6, 6.07) is 9.33. The standard InChI is InChI=1S/C17H24N2S2/c1-4-10-18-17(11-15-12-21-13(3)19-15)14-6-8-16(9-7-14)20-5-2/h6-9,12,17-18H,4-5,10-11H2,1-3H3. The fraction of sp³-hybridized carbons (Fsp3) is 0.471. The van der Waals surface area contributed by atoms with Crippen LogP contribution in [0.3, 0.4) is 0 Å². The van der Waals surface area contributed by atoms with Gasteiger partial charge in [-0.15, -0.1) is 23.1 Å². The lowest BCUT2D eigenvalue weighted by Crippen LogP contribution is -2.24. The molecule has 1 atom stereocenters. The van der Waals surface area contributed by atoms with E-state index < -0.39 is 0 Å². The molecule has 2 rings (SSSR count). The third-order valence-electron chi connectivity index (χ3n) is 3.31. The third kappa shape index (κ3) is 5.13. The molecule has 0 radical (unpaired) electrons. The van der Waals surface area contributed by atoms with Crippen molar-refractivity contribution in [3.05, 3.63) is 45.9 Å². The first kappa shape index (κ1) is 16.5. The van der Waals surface area contributed by atoms with E-state index in [4.69, 9.17) is 0 Å². The van der Waals surface area contributed by atoms with Crippen LogP contribution in [0.5, 0.6) is 0 Å². The van der Waals surface area contributed by atoms with Gasteiger partial charge in [0.05, 0.1) is 10.7 Å². The monoisotopic (exact) mass is 320 g/mol. The van der Waals surface area contributed by atoms with Crippen molar-refractivity contribution >= 4 is 23.1 Å². The average Bonchev–Trinajstić information content (AvgIpc) is 2.90. The summed E-state index contributed by atoms with van der Waals surface area (Å²) in [6.45, 7) is 7.51. The average molecular weight is 321 g/mol. The van der Waals surface area contributed by atoms with Crippen LogP contribution in [0.4, 0.5) is 0 Å². The van der Waals surface area contributed by atoms with Crippen molar-refractivity contribution in [2.75, 3.05) is 12.3 Å². The van der Waals surface area contributed by atoms with Gasteiger partial charge in [0, 0.05) is 22.7 Å². The van der Waals surface area contributed by atoms with Crippen molar-refractivity contribution in [2.45, 2.75) is 44.6 Å². The molecule has 1 aromatic heterocycles. The zero-order chi connectivity index (χ0) is 15.1. The number of hydrogen-bond donors (Lipinski definition) is 1. The lowest BCUT2D eigenvalue weighted by Gasteiger charge is -2.18. The van der Waals surface area contributed by atoms with Gasteiger partial charge < -0.3 is 5.32 Å². The van der Waals surface area contributed by atoms with Gasteiger partial charge in [-0.05, 0) is 43.3 Å². The summed E-state index contributed by atoms with van der Waals surface area (Å²) in [5.74, 6) is 1.12. The van der Waals surface area contributed by atoms with Gasteiger partial charge in [0.1, 0.15) is 0 Å². The number of nitrogens with one attached hydrogen (secondary N) is 1. The number of aromatic nitrogens is 1. The molecule has 114 valence electrons. The second-order valence-electron chi connectivity index (χ2n) is 5.07. The minimum atomic E-state index is 0.354. The zero-order valence-electron chi connectivity index (χ0n) is 13.1. The van der Waals surface area contributed by atoms with Crippen LogP contribution in [-0.4, -0.2) is 17.3 Å². The molecular weight excluding hydrogens is 296 g/mol. The van der Waals surface area contributed by atoms with Crippen molar-refractivity contribution in [1.29, 1.82) is 0 Å². The third-order valence-corrected chi connectivity index (χ3v) is 5.03. The van der Waals surface area contributed by atoms with Crippen molar-refractivity contribution in [3.8, 4) is 0 Å². The molecule has 1 unspecified atom stereocenters. The Morgan fingerprint density at radius 3 is 2.57 bits per heavy atom. The van der Waals surface area contributed by atoms with Gasteiger partial charge in [-0.3, -0.25) is 0 Å². The van der Waals surface area contributed by atoms with Gasteiger partial charge in [0.2, 0.25) is 0 Å². The lowest BCUT2D eigenvalue weighted by atomic mass is 10.0.